The molecule has 4 rings (SSSR count). The van der Waals surface area contributed by atoms with Gasteiger partial charge in [0, 0.05) is 13.1 Å². The number of benzene rings is 2. The van der Waals surface area contributed by atoms with Gasteiger partial charge in [0.1, 0.15) is 17.6 Å². The Labute approximate surface area is 235 Å². The van der Waals surface area contributed by atoms with Crippen molar-refractivity contribution in [3.63, 3.8) is 0 Å². The minimum absolute atomic E-state index is 0.0300. The van der Waals surface area contributed by atoms with Gasteiger partial charge in [-0.05, 0) is 60.7 Å². The number of amides is 1. The van der Waals surface area contributed by atoms with Crippen molar-refractivity contribution in [2.45, 2.75) is 56.1 Å². The summed E-state index contributed by atoms with van der Waals surface area (Å²) >= 11 is 0. The number of phenolic OH excluding ortho intramolecular Hbond substituents is 1. The number of carbonyl (C=O) groups excluding carboxylic acids is 1. The molecule has 0 spiro atoms. The summed E-state index contributed by atoms with van der Waals surface area (Å²) < 4.78 is 50.2. The maximum absolute atomic E-state index is 13.6. The number of aromatic hydroxyl groups is 1. The summed E-state index contributed by atoms with van der Waals surface area (Å²) in [6.07, 6.45) is -2.00. The topological polar surface area (TPSA) is 144 Å². The van der Waals surface area contributed by atoms with Crippen LogP contribution < -0.4 is 10.1 Å². The van der Waals surface area contributed by atoms with Crippen LogP contribution in [0.3, 0.4) is 0 Å². The van der Waals surface area contributed by atoms with Gasteiger partial charge in [-0.3, -0.25) is 0 Å². The second kappa shape index (κ2) is 13.2. The van der Waals surface area contributed by atoms with Gasteiger partial charge in [-0.15, -0.1) is 0 Å². The van der Waals surface area contributed by atoms with E-state index in [1.807, 2.05) is 13.8 Å². The molecule has 2 heterocycles. The number of hydrogen-bond acceptors (Lipinski definition) is 9. The number of rotatable bonds is 12. The monoisotopic (exact) mass is 578 g/mol. The Kier molecular flexibility index (Phi) is 9.90. The standard InChI is InChI=1S/C28H38N2O9S/c1-18(2)15-30(40(34,35)22-10-8-21(36-3)9-11-22)16-25(32)24(14-19-4-6-20(31)7-5-19)29-28(33)39-26-17-38-27-23(26)12-13-37-27/h4-11,18,23-27,31-32H,12-17H2,1-3H3,(H,29,33)/t23-,24?,25+,26-,27+/m0/s1. The molecular formula is C28H38N2O9S. The van der Waals surface area contributed by atoms with Crippen LogP contribution in [0.2, 0.25) is 0 Å². The third kappa shape index (κ3) is 7.43. The Morgan fingerprint density at radius 3 is 2.45 bits per heavy atom. The first kappa shape index (κ1) is 30.1. The number of alkyl carbamates (subject to hydrolysis) is 1. The molecule has 2 aromatic rings. The molecule has 0 saturated carbocycles. The number of carbonyl (C=O) groups is 1. The van der Waals surface area contributed by atoms with E-state index in [0.29, 0.717) is 12.4 Å². The summed E-state index contributed by atoms with van der Waals surface area (Å²) in [5, 5.41) is 23.8. The smallest absolute Gasteiger partial charge is 0.407 e. The maximum atomic E-state index is 13.6. The van der Waals surface area contributed by atoms with E-state index in [9.17, 15) is 23.4 Å². The van der Waals surface area contributed by atoms with Crippen LogP contribution in [0.4, 0.5) is 4.79 Å². The fourth-order valence-electron chi connectivity index (χ4n) is 4.95. The van der Waals surface area contributed by atoms with Crippen LogP contribution in [0.5, 0.6) is 11.5 Å². The Balaban J connectivity index is 1.52. The molecule has 0 aromatic heterocycles. The molecule has 0 radical (unpaired) electrons. The van der Waals surface area contributed by atoms with E-state index in [0.717, 1.165) is 12.0 Å². The van der Waals surface area contributed by atoms with E-state index in [2.05, 4.69) is 5.32 Å². The summed E-state index contributed by atoms with van der Waals surface area (Å²) in [5.41, 5.74) is 0.726. The highest BCUT2D eigenvalue weighted by Gasteiger charge is 2.44. The molecule has 2 saturated heterocycles. The number of ether oxygens (including phenoxy) is 4. The Hall–Kier alpha value is -2.90. The fraction of sp³-hybridized carbons (Fsp3) is 0.536. The third-order valence-corrected chi connectivity index (χ3v) is 8.91. The molecule has 0 aliphatic carbocycles. The van der Waals surface area contributed by atoms with E-state index in [1.165, 1.54) is 35.7 Å². The molecule has 1 unspecified atom stereocenters. The van der Waals surface area contributed by atoms with Gasteiger partial charge in [0.15, 0.2) is 6.29 Å². The Morgan fingerprint density at radius 1 is 1.10 bits per heavy atom. The van der Waals surface area contributed by atoms with Crippen LogP contribution in [-0.4, -0.2) is 87.0 Å². The van der Waals surface area contributed by atoms with Crippen molar-refractivity contribution in [1.82, 2.24) is 9.62 Å². The molecule has 2 fully saturated rings. The second-order valence-corrected chi connectivity index (χ2v) is 12.5. The van der Waals surface area contributed by atoms with Gasteiger partial charge in [0.2, 0.25) is 10.0 Å². The molecule has 2 aliphatic rings. The minimum atomic E-state index is -3.97. The van der Waals surface area contributed by atoms with Crippen LogP contribution >= 0.6 is 0 Å². The summed E-state index contributed by atoms with van der Waals surface area (Å²) in [5.74, 6) is 0.519. The second-order valence-electron chi connectivity index (χ2n) is 10.5. The lowest BCUT2D eigenvalue weighted by atomic mass is 10.0. The van der Waals surface area contributed by atoms with Crippen molar-refractivity contribution in [3.05, 3.63) is 54.1 Å². The van der Waals surface area contributed by atoms with Crippen LogP contribution in [-0.2, 0) is 30.7 Å². The van der Waals surface area contributed by atoms with Crippen molar-refractivity contribution in [1.29, 1.82) is 0 Å². The van der Waals surface area contributed by atoms with Crippen molar-refractivity contribution in [2.24, 2.45) is 11.8 Å². The predicted octanol–water partition coefficient (Wildman–Crippen LogP) is 2.51. The lowest BCUT2D eigenvalue weighted by Gasteiger charge is -2.31. The zero-order valence-electron chi connectivity index (χ0n) is 22.9. The van der Waals surface area contributed by atoms with E-state index in [4.69, 9.17) is 18.9 Å². The highest BCUT2D eigenvalue weighted by molar-refractivity contribution is 7.89. The van der Waals surface area contributed by atoms with Crippen LogP contribution in [0.15, 0.2) is 53.4 Å². The summed E-state index contributed by atoms with van der Waals surface area (Å²) in [4.78, 5) is 13.0. The van der Waals surface area contributed by atoms with Crippen molar-refractivity contribution in [3.8, 4) is 11.5 Å². The molecule has 2 aliphatic heterocycles. The quantitative estimate of drug-likeness (QED) is 0.346. The van der Waals surface area contributed by atoms with Gasteiger partial charge in [-0.2, -0.15) is 4.31 Å². The summed E-state index contributed by atoms with van der Waals surface area (Å²) in [7, 11) is -2.48. The maximum Gasteiger partial charge on any atom is 0.407 e. The minimum Gasteiger partial charge on any atom is -0.508 e. The van der Waals surface area contributed by atoms with E-state index < -0.39 is 34.4 Å². The average molecular weight is 579 g/mol. The number of hydrogen-bond donors (Lipinski definition) is 3. The lowest BCUT2D eigenvalue weighted by Crippen LogP contribution is -2.51. The molecule has 40 heavy (non-hydrogen) atoms. The third-order valence-electron chi connectivity index (χ3n) is 7.06. The number of nitrogens with one attached hydrogen (secondary N) is 1. The molecule has 5 atom stereocenters. The van der Waals surface area contributed by atoms with Gasteiger partial charge in [-0.1, -0.05) is 26.0 Å². The van der Waals surface area contributed by atoms with Crippen LogP contribution in [0.25, 0.3) is 0 Å². The first-order valence-corrected chi connectivity index (χ1v) is 14.8. The van der Waals surface area contributed by atoms with Gasteiger partial charge >= 0.3 is 6.09 Å². The largest absolute Gasteiger partial charge is 0.508 e. The fourth-order valence-corrected chi connectivity index (χ4v) is 6.57. The summed E-state index contributed by atoms with van der Waals surface area (Å²) in [6, 6.07) is 11.5. The Morgan fingerprint density at radius 2 is 1.80 bits per heavy atom. The number of sulfonamides is 1. The highest BCUT2D eigenvalue weighted by atomic mass is 32.2. The van der Waals surface area contributed by atoms with Crippen LogP contribution in [0, 0.1) is 11.8 Å². The molecule has 220 valence electrons. The normalized spacial score (nSPS) is 22.2. The van der Waals surface area contributed by atoms with Gasteiger partial charge in [0.25, 0.3) is 0 Å². The number of aliphatic hydroxyl groups is 1. The highest BCUT2D eigenvalue weighted by Crippen LogP contribution is 2.33. The van der Waals surface area contributed by atoms with E-state index in [1.54, 1.807) is 24.3 Å². The Bertz CT molecular complexity index is 1220. The average Bonchev–Trinajstić information content (AvgIpc) is 3.54. The van der Waals surface area contributed by atoms with Crippen LogP contribution in [0.1, 0.15) is 25.8 Å². The van der Waals surface area contributed by atoms with E-state index >= 15 is 0 Å². The van der Waals surface area contributed by atoms with E-state index in [-0.39, 0.29) is 54.9 Å². The molecule has 12 heteroatoms. The van der Waals surface area contributed by atoms with Crippen molar-refractivity contribution >= 4 is 16.1 Å². The first-order chi connectivity index (χ1) is 19.1. The van der Waals surface area contributed by atoms with Crippen molar-refractivity contribution < 1.29 is 42.4 Å². The number of phenols is 1. The molecule has 1 amide bonds. The number of fused-ring (bicyclic) bond motifs is 1. The van der Waals surface area contributed by atoms with Crippen molar-refractivity contribution in [2.75, 3.05) is 33.4 Å². The molecule has 11 nitrogen and oxygen atoms in total. The van der Waals surface area contributed by atoms with Gasteiger partial charge in [0.05, 0.1) is 43.3 Å². The first-order valence-electron chi connectivity index (χ1n) is 13.4. The predicted molar refractivity (Wildman–Crippen MR) is 145 cm³/mol. The number of nitrogens with zero attached hydrogens (tertiary/aromatic N) is 1. The van der Waals surface area contributed by atoms with Gasteiger partial charge < -0.3 is 34.5 Å². The van der Waals surface area contributed by atoms with Gasteiger partial charge in [-0.25, -0.2) is 13.2 Å². The summed E-state index contributed by atoms with van der Waals surface area (Å²) in [6.45, 7) is 4.42. The number of aliphatic hydroxyl groups excluding tert-OH is 1. The lowest BCUT2D eigenvalue weighted by molar-refractivity contribution is -0.0907. The zero-order valence-corrected chi connectivity index (χ0v) is 23.7. The molecule has 0 bridgehead atoms. The molecular weight excluding hydrogens is 540 g/mol. The molecule has 2 aromatic carbocycles. The zero-order chi connectivity index (χ0) is 28.9. The number of methoxy groups -OCH3 is 1. The molecule has 3 N–H and O–H groups in total. The SMILES string of the molecule is COc1ccc(S(=O)(=O)N(CC(C)C)C[C@@H](O)C(Cc2ccc(O)cc2)NC(=O)O[C@H]2CO[C@H]3OCC[C@H]32)cc1.